The highest BCUT2D eigenvalue weighted by atomic mass is 19.4. The third-order valence-corrected chi connectivity index (χ3v) is 2.50. The number of anilines is 1. The van der Waals surface area contributed by atoms with E-state index in [0.717, 1.165) is 25.6 Å². The maximum Gasteiger partial charge on any atom is 0.417 e. The summed E-state index contributed by atoms with van der Waals surface area (Å²) >= 11 is 0. The van der Waals surface area contributed by atoms with Crippen LogP contribution in [0.15, 0.2) is 18.2 Å². The average molecular weight is 271 g/mol. The highest BCUT2D eigenvalue weighted by Gasteiger charge is 2.33. The summed E-state index contributed by atoms with van der Waals surface area (Å²) in [5, 5.41) is 14.9. The van der Waals surface area contributed by atoms with Gasteiger partial charge in [-0.2, -0.15) is 18.4 Å². The third kappa shape index (κ3) is 4.79. The zero-order chi connectivity index (χ0) is 14.3. The number of hydrogen-bond acceptors (Lipinski definition) is 3. The largest absolute Gasteiger partial charge is 0.417 e. The first-order chi connectivity index (χ1) is 8.99. The molecule has 3 nitrogen and oxygen atoms in total. The van der Waals surface area contributed by atoms with E-state index < -0.39 is 11.7 Å². The Bertz CT molecular complexity index is 449. The van der Waals surface area contributed by atoms with Crippen LogP contribution in [0.3, 0.4) is 0 Å². The lowest BCUT2D eigenvalue weighted by atomic mass is 10.1. The van der Waals surface area contributed by atoms with Gasteiger partial charge in [-0.1, -0.05) is 6.92 Å². The van der Waals surface area contributed by atoms with Gasteiger partial charge in [-0.15, -0.1) is 0 Å². The number of nitriles is 1. The second-order valence-corrected chi connectivity index (χ2v) is 4.05. The van der Waals surface area contributed by atoms with Crippen molar-refractivity contribution in [3.63, 3.8) is 0 Å². The van der Waals surface area contributed by atoms with Crippen molar-refractivity contribution in [1.82, 2.24) is 5.32 Å². The van der Waals surface area contributed by atoms with Gasteiger partial charge in [0.05, 0.1) is 17.2 Å². The van der Waals surface area contributed by atoms with Crippen LogP contribution >= 0.6 is 0 Å². The van der Waals surface area contributed by atoms with Crippen LogP contribution in [0.25, 0.3) is 0 Å². The molecule has 1 aromatic rings. The van der Waals surface area contributed by atoms with Crippen LogP contribution in [0.4, 0.5) is 18.9 Å². The quantitative estimate of drug-likeness (QED) is 0.782. The highest BCUT2D eigenvalue weighted by molar-refractivity contribution is 5.53. The fourth-order valence-electron chi connectivity index (χ4n) is 1.59. The van der Waals surface area contributed by atoms with Crippen LogP contribution in [0, 0.1) is 11.3 Å². The number of benzene rings is 1. The normalized spacial score (nSPS) is 11.1. The Morgan fingerprint density at radius 3 is 2.53 bits per heavy atom. The predicted octanol–water partition coefficient (Wildman–Crippen LogP) is 2.99. The summed E-state index contributed by atoms with van der Waals surface area (Å²) in [5.74, 6) is 0. The first kappa shape index (κ1) is 15.3. The van der Waals surface area contributed by atoms with E-state index in [1.807, 2.05) is 0 Å². The van der Waals surface area contributed by atoms with Crippen LogP contribution < -0.4 is 10.6 Å². The Labute approximate surface area is 110 Å². The fraction of sp³-hybridized carbons (Fsp3) is 0.462. The standard InChI is InChI=1S/C13H16F3N3/c1-2-5-18-6-7-19-11-3-4-12(13(14,15)16)10(8-11)9-17/h3-4,8,18-19H,2,5-7H2,1H3. The van der Waals surface area contributed by atoms with Crippen molar-refractivity contribution in [3.05, 3.63) is 29.3 Å². The molecule has 0 aromatic heterocycles. The van der Waals surface area contributed by atoms with E-state index in [2.05, 4.69) is 17.6 Å². The van der Waals surface area contributed by atoms with Gasteiger partial charge in [0.25, 0.3) is 0 Å². The molecular formula is C13H16F3N3. The number of hydrogen-bond donors (Lipinski definition) is 2. The smallest absolute Gasteiger partial charge is 0.384 e. The monoisotopic (exact) mass is 271 g/mol. The molecule has 0 amide bonds. The van der Waals surface area contributed by atoms with Crippen LogP contribution in [0.2, 0.25) is 0 Å². The summed E-state index contributed by atoms with van der Waals surface area (Å²) in [4.78, 5) is 0. The third-order valence-electron chi connectivity index (χ3n) is 2.50. The lowest BCUT2D eigenvalue weighted by Gasteiger charge is -2.11. The van der Waals surface area contributed by atoms with Gasteiger partial charge in [-0.25, -0.2) is 0 Å². The molecule has 0 radical (unpaired) electrons. The minimum atomic E-state index is -4.49. The Hall–Kier alpha value is -1.74. The Morgan fingerprint density at radius 1 is 1.21 bits per heavy atom. The van der Waals surface area contributed by atoms with Crippen LogP contribution in [0.5, 0.6) is 0 Å². The number of nitrogens with zero attached hydrogens (tertiary/aromatic N) is 1. The zero-order valence-corrected chi connectivity index (χ0v) is 10.6. The molecule has 104 valence electrons. The van der Waals surface area contributed by atoms with Gasteiger partial charge in [0.2, 0.25) is 0 Å². The van der Waals surface area contributed by atoms with E-state index in [4.69, 9.17) is 5.26 Å². The maximum atomic E-state index is 12.6. The topological polar surface area (TPSA) is 47.8 Å². The summed E-state index contributed by atoms with van der Waals surface area (Å²) in [7, 11) is 0. The average Bonchev–Trinajstić information content (AvgIpc) is 2.37. The molecule has 1 aromatic carbocycles. The van der Waals surface area contributed by atoms with E-state index >= 15 is 0 Å². The molecule has 0 bridgehead atoms. The Morgan fingerprint density at radius 2 is 1.95 bits per heavy atom. The number of rotatable bonds is 6. The van der Waals surface area contributed by atoms with Crippen molar-refractivity contribution >= 4 is 5.69 Å². The summed E-state index contributed by atoms with van der Waals surface area (Å²) < 4.78 is 37.7. The van der Waals surface area contributed by atoms with Gasteiger partial charge in [0.1, 0.15) is 0 Å². The maximum absolute atomic E-state index is 12.6. The van der Waals surface area contributed by atoms with Gasteiger partial charge in [0, 0.05) is 18.8 Å². The minimum absolute atomic E-state index is 0.362. The van der Waals surface area contributed by atoms with Gasteiger partial charge in [-0.3, -0.25) is 0 Å². The molecule has 0 aliphatic heterocycles. The number of halogens is 3. The molecule has 0 aliphatic carbocycles. The van der Waals surface area contributed by atoms with Gasteiger partial charge < -0.3 is 10.6 Å². The number of alkyl halides is 3. The van der Waals surface area contributed by atoms with Crippen molar-refractivity contribution in [2.45, 2.75) is 19.5 Å². The van der Waals surface area contributed by atoms with Crippen LogP contribution in [-0.2, 0) is 6.18 Å². The predicted molar refractivity (Wildman–Crippen MR) is 67.8 cm³/mol. The van der Waals surface area contributed by atoms with Crippen molar-refractivity contribution in [1.29, 1.82) is 5.26 Å². The molecule has 2 N–H and O–H groups in total. The molecule has 0 fully saturated rings. The molecule has 0 spiro atoms. The van der Waals surface area contributed by atoms with E-state index in [9.17, 15) is 13.2 Å². The molecule has 0 aliphatic rings. The van der Waals surface area contributed by atoms with Gasteiger partial charge in [-0.05, 0) is 31.2 Å². The zero-order valence-electron chi connectivity index (χ0n) is 10.6. The van der Waals surface area contributed by atoms with Crippen molar-refractivity contribution < 1.29 is 13.2 Å². The lowest BCUT2D eigenvalue weighted by Crippen LogP contribution is -2.22. The summed E-state index contributed by atoms with van der Waals surface area (Å²) in [6.45, 7) is 4.26. The SMILES string of the molecule is CCCNCCNc1ccc(C(F)(F)F)c(C#N)c1. The first-order valence-electron chi connectivity index (χ1n) is 6.05. The van der Waals surface area contributed by atoms with Gasteiger partial charge in [0.15, 0.2) is 0 Å². The van der Waals surface area contributed by atoms with Crippen molar-refractivity contribution in [2.75, 3.05) is 25.0 Å². The summed E-state index contributed by atoms with van der Waals surface area (Å²) in [6, 6.07) is 5.07. The Balaban J connectivity index is 2.65. The molecule has 1 rings (SSSR count). The van der Waals surface area contributed by atoms with Crippen LogP contribution in [-0.4, -0.2) is 19.6 Å². The molecular weight excluding hydrogens is 255 g/mol. The van der Waals surface area contributed by atoms with E-state index in [1.54, 1.807) is 6.07 Å². The molecule has 0 saturated carbocycles. The van der Waals surface area contributed by atoms with Crippen molar-refractivity contribution in [3.8, 4) is 6.07 Å². The first-order valence-corrected chi connectivity index (χ1v) is 6.05. The molecule has 0 unspecified atom stereocenters. The fourth-order valence-corrected chi connectivity index (χ4v) is 1.59. The van der Waals surface area contributed by atoms with E-state index in [-0.39, 0.29) is 5.56 Å². The molecule has 19 heavy (non-hydrogen) atoms. The minimum Gasteiger partial charge on any atom is -0.384 e. The molecule has 0 saturated heterocycles. The number of nitrogens with one attached hydrogen (secondary N) is 2. The summed E-state index contributed by atoms with van der Waals surface area (Å²) in [6.07, 6.45) is -3.47. The lowest BCUT2D eigenvalue weighted by molar-refractivity contribution is -0.137. The molecule has 0 heterocycles. The van der Waals surface area contributed by atoms with Crippen molar-refractivity contribution in [2.24, 2.45) is 0 Å². The van der Waals surface area contributed by atoms with E-state index in [1.165, 1.54) is 12.1 Å². The highest BCUT2D eigenvalue weighted by Crippen LogP contribution is 2.32. The van der Waals surface area contributed by atoms with Gasteiger partial charge >= 0.3 is 6.18 Å². The Kier molecular flexibility index (Phi) is 5.64. The molecule has 0 atom stereocenters. The van der Waals surface area contributed by atoms with E-state index in [0.29, 0.717) is 12.2 Å². The van der Waals surface area contributed by atoms with Crippen LogP contribution in [0.1, 0.15) is 24.5 Å². The second-order valence-electron chi connectivity index (χ2n) is 4.05. The molecule has 6 heteroatoms. The summed E-state index contributed by atoms with van der Waals surface area (Å²) in [5.41, 5.74) is -0.744. The second kappa shape index (κ2) is 7.00.